The molecule has 0 aromatic carbocycles. The normalized spacial score (nSPS) is 28.0. The van der Waals surface area contributed by atoms with E-state index in [1.54, 1.807) is 0 Å². The van der Waals surface area contributed by atoms with Crippen LogP contribution in [0.25, 0.3) is 0 Å². The maximum absolute atomic E-state index is 12.4. The van der Waals surface area contributed by atoms with Crippen LogP contribution in [0, 0.1) is 5.92 Å². The van der Waals surface area contributed by atoms with Crippen molar-refractivity contribution in [3.8, 4) is 0 Å². The van der Waals surface area contributed by atoms with E-state index < -0.39 is 25.4 Å². The van der Waals surface area contributed by atoms with Crippen LogP contribution in [0.1, 0.15) is 39.0 Å². The van der Waals surface area contributed by atoms with Gasteiger partial charge in [-0.3, -0.25) is 0 Å². The molecule has 2 N–H and O–H groups in total. The molecule has 21 heavy (non-hydrogen) atoms. The van der Waals surface area contributed by atoms with Crippen LogP contribution >= 0.6 is 0 Å². The van der Waals surface area contributed by atoms with Crippen molar-refractivity contribution in [2.24, 2.45) is 11.7 Å². The molecule has 0 heterocycles. The molecule has 126 valence electrons. The number of sulfonamides is 1. The first kappa shape index (κ1) is 18.9. The Balaban J connectivity index is 2.85. The van der Waals surface area contributed by atoms with Crippen molar-refractivity contribution >= 4 is 19.9 Å². The SMILES string of the molecule is CCC1CCC(CN)(N(C)S(=O)(=O)CCS(C)(=O)=O)CC1. The summed E-state index contributed by atoms with van der Waals surface area (Å²) in [6, 6.07) is 0. The Morgan fingerprint density at radius 1 is 1.14 bits per heavy atom. The van der Waals surface area contributed by atoms with Gasteiger partial charge >= 0.3 is 0 Å². The molecule has 0 amide bonds. The fourth-order valence-corrected chi connectivity index (χ4v) is 6.13. The molecule has 0 atom stereocenters. The highest BCUT2D eigenvalue weighted by Gasteiger charge is 2.42. The predicted octanol–water partition coefficient (Wildman–Crippen LogP) is 0.590. The second-order valence-electron chi connectivity index (χ2n) is 6.19. The van der Waals surface area contributed by atoms with Gasteiger partial charge in [0.05, 0.1) is 11.5 Å². The largest absolute Gasteiger partial charge is 0.329 e. The molecule has 6 nitrogen and oxygen atoms in total. The first-order valence-electron chi connectivity index (χ1n) is 7.41. The summed E-state index contributed by atoms with van der Waals surface area (Å²) >= 11 is 0. The molecular formula is C13H28N2O4S2. The van der Waals surface area contributed by atoms with Crippen LogP contribution in [0.15, 0.2) is 0 Å². The van der Waals surface area contributed by atoms with E-state index in [-0.39, 0.29) is 18.1 Å². The van der Waals surface area contributed by atoms with Gasteiger partial charge in [0.1, 0.15) is 9.84 Å². The number of nitrogens with two attached hydrogens (primary N) is 1. The second-order valence-corrected chi connectivity index (χ2v) is 10.6. The van der Waals surface area contributed by atoms with Gasteiger partial charge in [0.25, 0.3) is 0 Å². The van der Waals surface area contributed by atoms with E-state index in [9.17, 15) is 16.8 Å². The zero-order chi connectivity index (χ0) is 16.3. The van der Waals surface area contributed by atoms with Gasteiger partial charge in [0, 0.05) is 25.4 Å². The van der Waals surface area contributed by atoms with Crippen LogP contribution in [-0.4, -0.2) is 58.0 Å². The minimum absolute atomic E-state index is 0.276. The average molecular weight is 341 g/mol. The van der Waals surface area contributed by atoms with E-state index in [4.69, 9.17) is 5.73 Å². The van der Waals surface area contributed by atoms with Crippen LogP contribution in [-0.2, 0) is 19.9 Å². The molecule has 1 aliphatic carbocycles. The summed E-state index contributed by atoms with van der Waals surface area (Å²) in [6.45, 7) is 2.42. The molecule has 0 aromatic rings. The van der Waals surface area contributed by atoms with E-state index in [2.05, 4.69) is 6.92 Å². The number of hydrogen-bond acceptors (Lipinski definition) is 5. The zero-order valence-corrected chi connectivity index (χ0v) is 14.8. The van der Waals surface area contributed by atoms with Gasteiger partial charge in [-0.2, -0.15) is 4.31 Å². The summed E-state index contributed by atoms with van der Waals surface area (Å²) in [4.78, 5) is 0. The maximum Gasteiger partial charge on any atom is 0.215 e. The zero-order valence-electron chi connectivity index (χ0n) is 13.2. The number of likely N-dealkylation sites (N-methyl/N-ethyl adjacent to an activating group) is 1. The van der Waals surface area contributed by atoms with Crippen molar-refractivity contribution in [3.05, 3.63) is 0 Å². The lowest BCUT2D eigenvalue weighted by Gasteiger charge is -2.45. The molecule has 1 aliphatic rings. The summed E-state index contributed by atoms with van der Waals surface area (Å²) in [5.41, 5.74) is 5.33. The number of nitrogens with zero attached hydrogens (tertiary/aromatic N) is 1. The topological polar surface area (TPSA) is 97.5 Å². The Kier molecular flexibility index (Phi) is 6.23. The smallest absolute Gasteiger partial charge is 0.215 e. The fourth-order valence-electron chi connectivity index (χ4n) is 2.96. The number of sulfone groups is 1. The van der Waals surface area contributed by atoms with Gasteiger partial charge in [-0.1, -0.05) is 13.3 Å². The fraction of sp³-hybridized carbons (Fsp3) is 1.00. The summed E-state index contributed by atoms with van der Waals surface area (Å²) in [6.07, 6.45) is 5.59. The lowest BCUT2D eigenvalue weighted by atomic mass is 9.75. The lowest BCUT2D eigenvalue weighted by molar-refractivity contribution is 0.129. The lowest BCUT2D eigenvalue weighted by Crippen LogP contribution is -2.56. The van der Waals surface area contributed by atoms with Crippen molar-refractivity contribution in [1.29, 1.82) is 0 Å². The molecule has 0 radical (unpaired) electrons. The maximum atomic E-state index is 12.4. The third kappa shape index (κ3) is 4.91. The molecule has 1 rings (SSSR count). The van der Waals surface area contributed by atoms with Crippen molar-refractivity contribution < 1.29 is 16.8 Å². The van der Waals surface area contributed by atoms with Gasteiger partial charge in [-0.05, 0) is 31.6 Å². The molecule has 1 fully saturated rings. The Hall–Kier alpha value is -0.180. The first-order chi connectivity index (χ1) is 9.56. The minimum atomic E-state index is -3.61. The molecule has 1 saturated carbocycles. The molecule has 0 unspecified atom stereocenters. The van der Waals surface area contributed by atoms with Crippen molar-refractivity contribution in [2.75, 3.05) is 31.4 Å². The molecular weight excluding hydrogens is 312 g/mol. The monoisotopic (exact) mass is 340 g/mol. The average Bonchev–Trinajstić information content (AvgIpc) is 2.44. The summed E-state index contributed by atoms with van der Waals surface area (Å²) < 4.78 is 48.5. The van der Waals surface area contributed by atoms with Gasteiger partial charge in [0.15, 0.2) is 0 Å². The van der Waals surface area contributed by atoms with Crippen LogP contribution in [0.3, 0.4) is 0 Å². The van der Waals surface area contributed by atoms with E-state index in [1.165, 1.54) is 11.4 Å². The van der Waals surface area contributed by atoms with Gasteiger partial charge in [-0.15, -0.1) is 0 Å². The Morgan fingerprint density at radius 3 is 2.05 bits per heavy atom. The van der Waals surface area contributed by atoms with Crippen molar-refractivity contribution in [1.82, 2.24) is 4.31 Å². The summed E-state index contributed by atoms with van der Waals surface area (Å²) in [5, 5.41) is 0. The van der Waals surface area contributed by atoms with E-state index in [1.807, 2.05) is 0 Å². The molecule has 0 aromatic heterocycles. The summed E-state index contributed by atoms with van der Waals surface area (Å²) in [5.74, 6) is -0.0871. The minimum Gasteiger partial charge on any atom is -0.329 e. The Morgan fingerprint density at radius 2 is 1.67 bits per heavy atom. The Bertz CT molecular complexity index is 535. The van der Waals surface area contributed by atoms with Crippen molar-refractivity contribution in [2.45, 2.75) is 44.6 Å². The van der Waals surface area contributed by atoms with Crippen LogP contribution in [0.5, 0.6) is 0 Å². The number of rotatable bonds is 7. The van der Waals surface area contributed by atoms with Crippen LogP contribution < -0.4 is 5.73 Å². The third-order valence-corrected chi connectivity index (χ3v) is 7.94. The highest BCUT2D eigenvalue weighted by Crippen LogP contribution is 2.37. The van der Waals surface area contributed by atoms with Crippen LogP contribution in [0.4, 0.5) is 0 Å². The van der Waals surface area contributed by atoms with E-state index in [0.29, 0.717) is 5.92 Å². The molecule has 0 saturated heterocycles. The standard InChI is InChI=1S/C13H28N2O4S2/c1-4-12-5-7-13(11-14,8-6-12)15(2)21(18,19)10-9-20(3,16)17/h12H,4-11,14H2,1-3H3. The van der Waals surface area contributed by atoms with E-state index >= 15 is 0 Å². The van der Waals surface area contributed by atoms with Gasteiger partial charge < -0.3 is 5.73 Å². The van der Waals surface area contributed by atoms with Gasteiger partial charge in [-0.25, -0.2) is 16.8 Å². The molecule has 0 spiro atoms. The highest BCUT2D eigenvalue weighted by molar-refractivity contribution is 7.93. The number of hydrogen-bond donors (Lipinski definition) is 1. The molecule has 0 aliphatic heterocycles. The molecule has 0 bridgehead atoms. The van der Waals surface area contributed by atoms with E-state index in [0.717, 1.165) is 38.4 Å². The van der Waals surface area contributed by atoms with Gasteiger partial charge in [0.2, 0.25) is 10.0 Å². The summed E-state index contributed by atoms with van der Waals surface area (Å²) in [7, 11) is -5.37. The first-order valence-corrected chi connectivity index (χ1v) is 11.1. The third-order valence-electron chi connectivity index (χ3n) is 4.79. The quantitative estimate of drug-likeness (QED) is 0.731. The predicted molar refractivity (Wildman–Crippen MR) is 85.3 cm³/mol. The highest BCUT2D eigenvalue weighted by atomic mass is 32.2. The second kappa shape index (κ2) is 6.93. The van der Waals surface area contributed by atoms with Crippen LogP contribution in [0.2, 0.25) is 0 Å². The molecule has 8 heteroatoms. The Labute approximate surface area is 129 Å². The van der Waals surface area contributed by atoms with Crippen molar-refractivity contribution in [3.63, 3.8) is 0 Å².